The van der Waals surface area contributed by atoms with Gasteiger partial charge in [-0.25, -0.2) is 0 Å². The second-order valence-corrected chi connectivity index (χ2v) is 9.96. The van der Waals surface area contributed by atoms with Crippen LogP contribution in [0.5, 0.6) is 0 Å². The summed E-state index contributed by atoms with van der Waals surface area (Å²) in [7, 11) is 0. The fourth-order valence-electron chi connectivity index (χ4n) is 8.47. The Hall–Kier alpha value is -0.380. The SMILES string of the molecule is C=C1[C@@H]2CC[C@H]3[C@]45CC[C@@H]6OC4O[C@@H](C[C@@H]5C6(C)C)[C@]3(C2)[C@@H]1O. The number of fused-ring (bicyclic) bond motifs is 2. The van der Waals surface area contributed by atoms with Crippen molar-refractivity contribution >= 4 is 0 Å². The molecule has 1 N–H and O–H groups in total. The molecular formula is C20H28O3. The van der Waals surface area contributed by atoms with E-state index in [1.807, 2.05) is 0 Å². The summed E-state index contributed by atoms with van der Waals surface area (Å²) in [4.78, 5) is 0. The summed E-state index contributed by atoms with van der Waals surface area (Å²) in [5.41, 5.74) is 1.43. The fourth-order valence-corrected chi connectivity index (χ4v) is 8.47. The number of rotatable bonds is 0. The lowest BCUT2D eigenvalue weighted by Gasteiger charge is -2.76. The molecule has 3 heteroatoms. The Morgan fingerprint density at radius 3 is 2.65 bits per heavy atom. The molecule has 8 rings (SSSR count). The van der Waals surface area contributed by atoms with E-state index >= 15 is 0 Å². The van der Waals surface area contributed by atoms with Gasteiger partial charge in [-0.15, -0.1) is 0 Å². The molecule has 0 aromatic carbocycles. The molecule has 7 bridgehead atoms. The van der Waals surface area contributed by atoms with Crippen LogP contribution in [0, 0.1) is 34.0 Å². The maximum atomic E-state index is 11.2. The highest BCUT2D eigenvalue weighted by Gasteiger charge is 2.79. The van der Waals surface area contributed by atoms with E-state index in [0.29, 0.717) is 23.9 Å². The quantitative estimate of drug-likeness (QED) is 0.697. The van der Waals surface area contributed by atoms with Crippen molar-refractivity contribution in [1.82, 2.24) is 0 Å². The topological polar surface area (TPSA) is 38.7 Å². The lowest BCUT2D eigenvalue weighted by Crippen LogP contribution is -2.79. The summed E-state index contributed by atoms with van der Waals surface area (Å²) >= 11 is 0. The van der Waals surface area contributed by atoms with E-state index in [1.54, 1.807) is 0 Å². The Labute approximate surface area is 138 Å². The van der Waals surface area contributed by atoms with E-state index in [-0.39, 0.29) is 34.7 Å². The molecule has 0 amide bonds. The molecule has 8 fully saturated rings. The van der Waals surface area contributed by atoms with Gasteiger partial charge in [0, 0.05) is 10.8 Å². The highest BCUT2D eigenvalue weighted by Crippen LogP contribution is 2.78. The van der Waals surface area contributed by atoms with E-state index in [9.17, 15) is 5.11 Å². The van der Waals surface area contributed by atoms with Gasteiger partial charge in [0.05, 0.1) is 18.3 Å². The third-order valence-electron chi connectivity index (χ3n) is 9.37. The second kappa shape index (κ2) is 3.73. The second-order valence-electron chi connectivity index (χ2n) is 9.96. The average Bonchev–Trinajstić information content (AvgIpc) is 2.73. The molecule has 0 aromatic rings. The van der Waals surface area contributed by atoms with Crippen LogP contribution in [-0.2, 0) is 9.47 Å². The molecule has 3 nitrogen and oxygen atoms in total. The number of ether oxygens (including phenoxy) is 2. The third-order valence-corrected chi connectivity index (χ3v) is 9.37. The van der Waals surface area contributed by atoms with Crippen LogP contribution in [0.1, 0.15) is 52.4 Å². The summed E-state index contributed by atoms with van der Waals surface area (Å²) in [6.45, 7) is 9.11. The average molecular weight is 316 g/mol. The molecule has 0 aromatic heterocycles. The summed E-state index contributed by atoms with van der Waals surface area (Å²) in [6.07, 6.45) is 7.23. The molecule has 23 heavy (non-hydrogen) atoms. The van der Waals surface area contributed by atoms with E-state index < -0.39 is 0 Å². The van der Waals surface area contributed by atoms with Gasteiger partial charge in [-0.1, -0.05) is 20.4 Å². The lowest BCUT2D eigenvalue weighted by molar-refractivity contribution is -0.452. The number of aliphatic hydroxyl groups is 1. The standard InChI is InChI=1S/C20H28O3/c1-10-11-4-5-12-19-7-6-14-18(2,3)13(19)8-15(23-17(19)22-14)20(12,9-11)16(10)21/h11-17,21H,1,4-9H2,2-3H3/t11-,12+,13-,14+,15+,16-,17?,19+,20-/m1/s1. The molecule has 1 unspecified atom stereocenters. The predicted molar refractivity (Wildman–Crippen MR) is 85.5 cm³/mol. The van der Waals surface area contributed by atoms with Gasteiger partial charge < -0.3 is 14.6 Å². The Kier molecular flexibility index (Phi) is 2.25. The van der Waals surface area contributed by atoms with E-state index in [0.717, 1.165) is 18.4 Å². The van der Waals surface area contributed by atoms with Crippen molar-refractivity contribution in [2.24, 2.45) is 34.0 Å². The first-order chi connectivity index (χ1) is 10.9. The Bertz CT molecular complexity index is 612. The monoisotopic (exact) mass is 316 g/mol. The Morgan fingerprint density at radius 1 is 1.04 bits per heavy atom. The number of aliphatic hydroxyl groups excluding tert-OH is 1. The molecule has 4 saturated heterocycles. The van der Waals surface area contributed by atoms with Crippen molar-refractivity contribution in [3.05, 3.63) is 12.2 Å². The molecule has 4 aliphatic heterocycles. The summed E-state index contributed by atoms with van der Waals surface area (Å²) in [6, 6.07) is 0. The molecule has 4 heterocycles. The molecule has 9 atom stereocenters. The van der Waals surface area contributed by atoms with Crippen LogP contribution in [0.2, 0.25) is 0 Å². The first kappa shape index (κ1) is 13.9. The maximum absolute atomic E-state index is 11.2. The Morgan fingerprint density at radius 2 is 1.83 bits per heavy atom. The van der Waals surface area contributed by atoms with Gasteiger partial charge in [0.2, 0.25) is 0 Å². The maximum Gasteiger partial charge on any atom is 0.164 e. The zero-order chi connectivity index (χ0) is 15.8. The van der Waals surface area contributed by atoms with E-state index in [1.165, 1.54) is 25.7 Å². The van der Waals surface area contributed by atoms with Gasteiger partial charge in [0.25, 0.3) is 0 Å². The third kappa shape index (κ3) is 1.19. The molecular weight excluding hydrogens is 288 g/mol. The van der Waals surface area contributed by atoms with Crippen LogP contribution < -0.4 is 0 Å². The normalized spacial score (nSPS) is 64.1. The van der Waals surface area contributed by atoms with Crippen LogP contribution in [0.3, 0.4) is 0 Å². The van der Waals surface area contributed by atoms with Gasteiger partial charge in [-0.3, -0.25) is 0 Å². The van der Waals surface area contributed by atoms with Gasteiger partial charge in [0.15, 0.2) is 6.29 Å². The van der Waals surface area contributed by atoms with Crippen molar-refractivity contribution < 1.29 is 14.6 Å². The Balaban J connectivity index is 1.57. The minimum atomic E-state index is -0.357. The zero-order valence-electron chi connectivity index (χ0n) is 14.3. The van der Waals surface area contributed by atoms with Gasteiger partial charge in [-0.05, 0) is 67.3 Å². The minimum absolute atomic E-state index is 0.00809. The molecule has 126 valence electrons. The van der Waals surface area contributed by atoms with Crippen molar-refractivity contribution in [2.45, 2.75) is 77.0 Å². The number of hydrogen-bond acceptors (Lipinski definition) is 3. The van der Waals surface area contributed by atoms with Crippen molar-refractivity contribution in [1.29, 1.82) is 0 Å². The van der Waals surface area contributed by atoms with Crippen molar-refractivity contribution in [2.75, 3.05) is 0 Å². The molecule has 0 radical (unpaired) electrons. The highest BCUT2D eigenvalue weighted by atomic mass is 16.7. The van der Waals surface area contributed by atoms with Crippen LogP contribution in [0.4, 0.5) is 0 Å². The van der Waals surface area contributed by atoms with Crippen LogP contribution >= 0.6 is 0 Å². The number of hydrogen-bond donors (Lipinski definition) is 1. The largest absolute Gasteiger partial charge is 0.388 e. The highest BCUT2D eigenvalue weighted by molar-refractivity contribution is 5.32. The summed E-state index contributed by atoms with van der Waals surface area (Å²) in [5.74, 6) is 1.77. The minimum Gasteiger partial charge on any atom is -0.388 e. The van der Waals surface area contributed by atoms with Crippen LogP contribution in [0.25, 0.3) is 0 Å². The van der Waals surface area contributed by atoms with Crippen LogP contribution in [-0.4, -0.2) is 29.7 Å². The predicted octanol–water partition coefficient (Wildman–Crippen LogP) is 3.27. The lowest BCUT2D eigenvalue weighted by atomic mass is 9.36. The van der Waals surface area contributed by atoms with Crippen LogP contribution in [0.15, 0.2) is 12.2 Å². The molecule has 2 spiro atoms. The first-order valence-electron chi connectivity index (χ1n) is 9.60. The van der Waals surface area contributed by atoms with Crippen molar-refractivity contribution in [3.63, 3.8) is 0 Å². The van der Waals surface area contributed by atoms with Gasteiger partial charge in [-0.2, -0.15) is 0 Å². The first-order valence-corrected chi connectivity index (χ1v) is 9.60. The summed E-state index contributed by atoms with van der Waals surface area (Å²) in [5, 5.41) is 11.2. The van der Waals surface area contributed by atoms with Crippen molar-refractivity contribution in [3.8, 4) is 0 Å². The fraction of sp³-hybridized carbons (Fsp3) is 0.900. The van der Waals surface area contributed by atoms with E-state index in [2.05, 4.69) is 20.4 Å². The molecule has 4 saturated carbocycles. The van der Waals surface area contributed by atoms with Gasteiger partial charge >= 0.3 is 0 Å². The summed E-state index contributed by atoms with van der Waals surface area (Å²) < 4.78 is 13.0. The smallest absolute Gasteiger partial charge is 0.164 e. The molecule has 8 aliphatic rings. The van der Waals surface area contributed by atoms with Gasteiger partial charge in [0.1, 0.15) is 0 Å². The zero-order valence-corrected chi connectivity index (χ0v) is 14.3. The molecule has 4 aliphatic carbocycles. The van der Waals surface area contributed by atoms with E-state index in [4.69, 9.17) is 9.47 Å².